The Labute approximate surface area is 139 Å². The number of hydrogen-bond acceptors (Lipinski definition) is 4. The molecule has 6 heteroatoms. The van der Waals surface area contributed by atoms with Crippen LogP contribution in [-0.4, -0.2) is 24.5 Å². The van der Waals surface area contributed by atoms with E-state index in [1.165, 1.54) is 25.3 Å². The van der Waals surface area contributed by atoms with E-state index in [1.54, 1.807) is 25.1 Å². The number of benzene rings is 1. The third-order valence-corrected chi connectivity index (χ3v) is 3.74. The zero-order valence-corrected chi connectivity index (χ0v) is 13.9. The van der Waals surface area contributed by atoms with Gasteiger partial charge in [-0.2, -0.15) is 0 Å². The predicted molar refractivity (Wildman–Crippen MR) is 86.9 cm³/mol. The Bertz CT molecular complexity index is 740. The summed E-state index contributed by atoms with van der Waals surface area (Å²) in [7, 11) is 1.27. The predicted octanol–water partition coefficient (Wildman–Crippen LogP) is 3.55. The molecule has 0 saturated heterocycles. The van der Waals surface area contributed by atoms with Crippen molar-refractivity contribution in [3.8, 4) is 11.3 Å². The summed E-state index contributed by atoms with van der Waals surface area (Å²) in [5.74, 6) is -1.28. The van der Waals surface area contributed by atoms with Gasteiger partial charge < -0.3 is 14.5 Å². The number of rotatable bonds is 6. The molecule has 1 atom stereocenters. The molecule has 2 rings (SSSR count). The van der Waals surface area contributed by atoms with E-state index in [2.05, 4.69) is 5.32 Å². The highest BCUT2D eigenvalue weighted by Crippen LogP contribution is 2.25. The number of nitrogens with one attached hydrogen (secondary N) is 1. The number of halogens is 1. The summed E-state index contributed by atoms with van der Waals surface area (Å²) in [4.78, 5) is 24.3. The van der Waals surface area contributed by atoms with Crippen molar-refractivity contribution in [2.75, 3.05) is 7.11 Å². The average Bonchev–Trinajstić information content (AvgIpc) is 3.04. The van der Waals surface area contributed by atoms with Crippen molar-refractivity contribution >= 4 is 11.9 Å². The Kier molecular flexibility index (Phi) is 5.39. The highest BCUT2D eigenvalue weighted by molar-refractivity contribution is 5.96. The SMILES string of the molecule is CCCC(C)(NC(=O)c1ccc(-c2ccccc2F)o1)C(=O)OC. The number of carbonyl (C=O) groups excluding carboxylic acids is 2. The minimum atomic E-state index is -1.15. The van der Waals surface area contributed by atoms with Crippen LogP contribution in [0.15, 0.2) is 40.8 Å². The molecule has 1 N–H and O–H groups in total. The van der Waals surface area contributed by atoms with Crippen LogP contribution in [-0.2, 0) is 9.53 Å². The average molecular weight is 333 g/mol. The van der Waals surface area contributed by atoms with Crippen LogP contribution in [0.3, 0.4) is 0 Å². The standard InChI is InChI=1S/C18H20FNO4/c1-4-11-18(2,17(22)23-3)20-16(21)15-10-9-14(24-15)12-7-5-6-8-13(12)19/h5-10H,4,11H2,1-3H3,(H,20,21). The fourth-order valence-electron chi connectivity index (χ4n) is 2.52. The highest BCUT2D eigenvalue weighted by Gasteiger charge is 2.36. The summed E-state index contributed by atoms with van der Waals surface area (Å²) < 4.78 is 24.0. The Morgan fingerprint density at radius 2 is 1.96 bits per heavy atom. The van der Waals surface area contributed by atoms with Crippen molar-refractivity contribution in [3.63, 3.8) is 0 Å². The maximum atomic E-state index is 13.8. The minimum absolute atomic E-state index is 0.000478. The van der Waals surface area contributed by atoms with Gasteiger partial charge in [0.15, 0.2) is 5.76 Å². The van der Waals surface area contributed by atoms with Crippen LogP contribution in [0.25, 0.3) is 11.3 Å². The van der Waals surface area contributed by atoms with Crippen LogP contribution in [0, 0.1) is 5.82 Å². The molecule has 1 unspecified atom stereocenters. The van der Waals surface area contributed by atoms with Crippen LogP contribution in [0.1, 0.15) is 37.2 Å². The highest BCUT2D eigenvalue weighted by atomic mass is 19.1. The lowest BCUT2D eigenvalue weighted by Gasteiger charge is -2.26. The zero-order valence-electron chi connectivity index (χ0n) is 13.9. The lowest BCUT2D eigenvalue weighted by Crippen LogP contribution is -2.52. The molecule has 0 aliphatic rings. The van der Waals surface area contributed by atoms with Gasteiger partial charge in [0.2, 0.25) is 0 Å². The van der Waals surface area contributed by atoms with E-state index >= 15 is 0 Å². The molecular formula is C18H20FNO4. The summed E-state index contributed by atoms with van der Waals surface area (Å²) in [6.07, 6.45) is 1.11. The Hall–Kier alpha value is -2.63. The largest absolute Gasteiger partial charge is 0.467 e. The van der Waals surface area contributed by atoms with E-state index < -0.39 is 23.2 Å². The van der Waals surface area contributed by atoms with E-state index in [-0.39, 0.29) is 17.1 Å². The Balaban J connectivity index is 2.22. The van der Waals surface area contributed by atoms with Gasteiger partial charge in [-0.1, -0.05) is 25.5 Å². The van der Waals surface area contributed by atoms with Crippen molar-refractivity contribution in [3.05, 3.63) is 48.0 Å². The fourth-order valence-corrected chi connectivity index (χ4v) is 2.52. The van der Waals surface area contributed by atoms with Gasteiger partial charge in [0.05, 0.1) is 12.7 Å². The van der Waals surface area contributed by atoms with Crippen LogP contribution >= 0.6 is 0 Å². The number of carbonyl (C=O) groups is 2. The van der Waals surface area contributed by atoms with Crippen molar-refractivity contribution in [1.82, 2.24) is 5.32 Å². The molecule has 0 fully saturated rings. The van der Waals surface area contributed by atoms with Crippen molar-refractivity contribution in [1.29, 1.82) is 0 Å². The molecule has 128 valence electrons. The molecule has 0 aliphatic heterocycles. The molecule has 0 bridgehead atoms. The third-order valence-electron chi connectivity index (χ3n) is 3.74. The molecule has 2 aromatic rings. The molecule has 0 radical (unpaired) electrons. The number of esters is 1. The van der Waals surface area contributed by atoms with Gasteiger partial charge in [-0.15, -0.1) is 0 Å². The zero-order chi connectivity index (χ0) is 17.7. The second-order valence-electron chi connectivity index (χ2n) is 5.67. The third kappa shape index (κ3) is 3.64. The monoisotopic (exact) mass is 333 g/mol. The summed E-state index contributed by atoms with van der Waals surface area (Å²) in [5.41, 5.74) is -0.883. The van der Waals surface area contributed by atoms with Crippen molar-refractivity contribution < 1.29 is 23.1 Å². The van der Waals surface area contributed by atoms with E-state index in [4.69, 9.17) is 9.15 Å². The second kappa shape index (κ2) is 7.29. The first kappa shape index (κ1) is 17.7. The molecular weight excluding hydrogens is 313 g/mol. The summed E-state index contributed by atoms with van der Waals surface area (Å²) in [5, 5.41) is 2.64. The van der Waals surface area contributed by atoms with Crippen molar-refractivity contribution in [2.45, 2.75) is 32.2 Å². The first-order valence-electron chi connectivity index (χ1n) is 7.67. The number of amides is 1. The fraction of sp³-hybridized carbons (Fsp3) is 0.333. The van der Waals surface area contributed by atoms with E-state index in [1.807, 2.05) is 6.92 Å². The van der Waals surface area contributed by atoms with Gasteiger partial charge in [0.25, 0.3) is 5.91 Å². The lowest BCUT2D eigenvalue weighted by atomic mass is 9.96. The summed E-state index contributed by atoms with van der Waals surface area (Å²) >= 11 is 0. The molecule has 5 nitrogen and oxygen atoms in total. The quantitative estimate of drug-likeness (QED) is 0.821. The van der Waals surface area contributed by atoms with Gasteiger partial charge in [0.1, 0.15) is 17.1 Å². The molecule has 24 heavy (non-hydrogen) atoms. The van der Waals surface area contributed by atoms with Gasteiger partial charge in [0, 0.05) is 0 Å². The molecule has 1 aromatic heterocycles. The van der Waals surface area contributed by atoms with Crippen molar-refractivity contribution in [2.24, 2.45) is 0 Å². The number of ether oxygens (including phenoxy) is 1. The number of furan rings is 1. The Morgan fingerprint density at radius 1 is 1.25 bits per heavy atom. The topological polar surface area (TPSA) is 68.5 Å². The van der Waals surface area contributed by atoms with Crippen LogP contribution in [0.2, 0.25) is 0 Å². The maximum absolute atomic E-state index is 13.8. The number of methoxy groups -OCH3 is 1. The minimum Gasteiger partial charge on any atom is -0.467 e. The molecule has 1 heterocycles. The summed E-state index contributed by atoms with van der Waals surface area (Å²) in [6.45, 7) is 3.50. The lowest BCUT2D eigenvalue weighted by molar-refractivity contribution is -0.147. The van der Waals surface area contributed by atoms with Crippen LogP contribution < -0.4 is 5.32 Å². The smallest absolute Gasteiger partial charge is 0.331 e. The summed E-state index contributed by atoms with van der Waals surface area (Å²) in [6, 6.07) is 9.08. The molecule has 0 aliphatic carbocycles. The molecule has 0 saturated carbocycles. The van der Waals surface area contributed by atoms with Crippen LogP contribution in [0.4, 0.5) is 4.39 Å². The molecule has 1 amide bonds. The van der Waals surface area contributed by atoms with Gasteiger partial charge >= 0.3 is 5.97 Å². The van der Waals surface area contributed by atoms with Crippen LogP contribution in [0.5, 0.6) is 0 Å². The normalized spacial score (nSPS) is 13.2. The van der Waals surface area contributed by atoms with E-state index in [9.17, 15) is 14.0 Å². The van der Waals surface area contributed by atoms with Gasteiger partial charge in [-0.05, 0) is 37.6 Å². The molecule has 1 aromatic carbocycles. The van der Waals surface area contributed by atoms with Gasteiger partial charge in [-0.3, -0.25) is 4.79 Å². The first-order chi connectivity index (χ1) is 11.4. The second-order valence-corrected chi connectivity index (χ2v) is 5.67. The Morgan fingerprint density at radius 3 is 2.58 bits per heavy atom. The number of hydrogen-bond donors (Lipinski definition) is 1. The first-order valence-corrected chi connectivity index (χ1v) is 7.67. The molecule has 0 spiro atoms. The van der Waals surface area contributed by atoms with Gasteiger partial charge in [-0.25, -0.2) is 9.18 Å². The van der Waals surface area contributed by atoms with E-state index in [0.717, 1.165) is 0 Å². The van der Waals surface area contributed by atoms with E-state index in [0.29, 0.717) is 12.8 Å². The maximum Gasteiger partial charge on any atom is 0.331 e.